The van der Waals surface area contributed by atoms with Gasteiger partial charge in [0.1, 0.15) is 5.82 Å². The van der Waals surface area contributed by atoms with Crippen LogP contribution in [0.5, 0.6) is 0 Å². The van der Waals surface area contributed by atoms with E-state index >= 15 is 0 Å². The summed E-state index contributed by atoms with van der Waals surface area (Å²) in [4.78, 5) is 15.6. The minimum atomic E-state index is -4.65. The summed E-state index contributed by atoms with van der Waals surface area (Å²) in [6.07, 6.45) is -2.78. The van der Waals surface area contributed by atoms with Gasteiger partial charge in [-0.3, -0.25) is 4.79 Å². The molecule has 0 aliphatic rings. The molecule has 9 heteroatoms. The van der Waals surface area contributed by atoms with Gasteiger partial charge < -0.3 is 9.84 Å². The summed E-state index contributed by atoms with van der Waals surface area (Å²) in [5.74, 6) is -1.97. The van der Waals surface area contributed by atoms with Crippen LogP contribution in [0, 0.1) is 11.2 Å². The van der Waals surface area contributed by atoms with E-state index in [-0.39, 0.29) is 18.2 Å². The van der Waals surface area contributed by atoms with Crippen molar-refractivity contribution in [2.75, 3.05) is 5.32 Å². The summed E-state index contributed by atoms with van der Waals surface area (Å²) >= 11 is 0. The van der Waals surface area contributed by atoms with Crippen LogP contribution in [0.3, 0.4) is 0 Å². The molecule has 0 fully saturated rings. The molecule has 0 saturated heterocycles. The first-order chi connectivity index (χ1) is 12.1. The van der Waals surface area contributed by atoms with Gasteiger partial charge in [0.25, 0.3) is 0 Å². The number of nitrogens with zero attached hydrogens (tertiary/aromatic N) is 2. The molecule has 0 aliphatic heterocycles. The van der Waals surface area contributed by atoms with Crippen LogP contribution in [-0.2, 0) is 17.4 Å². The van der Waals surface area contributed by atoms with Crippen molar-refractivity contribution in [3.8, 4) is 0 Å². The van der Waals surface area contributed by atoms with Gasteiger partial charge in [0.2, 0.25) is 5.91 Å². The smallest absolute Gasteiger partial charge is 0.329 e. The number of hydrogen-bond donors (Lipinski definition) is 1. The molecule has 26 heavy (non-hydrogen) atoms. The highest BCUT2D eigenvalue weighted by atomic mass is 19.4. The normalized spacial score (nSPS) is 12.2. The van der Waals surface area contributed by atoms with E-state index in [9.17, 15) is 22.4 Å². The van der Waals surface area contributed by atoms with Crippen molar-refractivity contribution in [3.05, 3.63) is 41.8 Å². The number of rotatable bonds is 7. The van der Waals surface area contributed by atoms with Crippen LogP contribution in [0.4, 0.5) is 23.2 Å². The molecule has 142 valence electrons. The van der Waals surface area contributed by atoms with Gasteiger partial charge in [0.05, 0.1) is 0 Å². The molecule has 1 aromatic carbocycles. The molecule has 1 aromatic heterocycles. The number of halogens is 4. The maximum absolute atomic E-state index is 12.9. The second-order valence-corrected chi connectivity index (χ2v) is 6.57. The first kappa shape index (κ1) is 19.9. The van der Waals surface area contributed by atoms with Crippen LogP contribution >= 0.6 is 0 Å². The Morgan fingerprint density at radius 3 is 2.38 bits per heavy atom. The van der Waals surface area contributed by atoms with Gasteiger partial charge in [-0.2, -0.15) is 18.2 Å². The fourth-order valence-electron chi connectivity index (χ4n) is 2.27. The van der Waals surface area contributed by atoms with Crippen LogP contribution in [0.15, 0.2) is 28.8 Å². The second kappa shape index (κ2) is 7.84. The Bertz CT molecular complexity index is 739. The van der Waals surface area contributed by atoms with Gasteiger partial charge in [0, 0.05) is 17.5 Å². The molecule has 0 aliphatic carbocycles. The lowest BCUT2D eigenvalue weighted by Crippen LogP contribution is -2.30. The monoisotopic (exact) mass is 373 g/mol. The highest BCUT2D eigenvalue weighted by molar-refractivity contribution is 5.94. The molecular formula is C17H19F4N3O2. The number of carbonyl (C=O) groups excluding carboxylic acids is 1. The first-order valence-corrected chi connectivity index (χ1v) is 8.05. The van der Waals surface area contributed by atoms with E-state index in [0.717, 1.165) is 0 Å². The lowest BCUT2D eigenvalue weighted by molar-refractivity contribution is -0.159. The molecule has 0 radical (unpaired) electrons. The number of hydrogen-bond acceptors (Lipinski definition) is 4. The molecule has 5 nitrogen and oxygen atoms in total. The number of anilines is 1. The van der Waals surface area contributed by atoms with E-state index < -0.39 is 23.3 Å². The standard InChI is InChI=1S/C17H19F4N3O2/c1-16(2,14(25)22-12-8-6-11(18)7-9-12)10-4-3-5-13-23-15(26-24-13)17(19,20)21/h6-9H,3-5,10H2,1-2H3,(H,22,25). The summed E-state index contributed by atoms with van der Waals surface area (Å²) in [6.45, 7) is 3.53. The first-order valence-electron chi connectivity index (χ1n) is 8.05. The van der Waals surface area contributed by atoms with Crippen LogP contribution in [0.1, 0.15) is 44.8 Å². The SMILES string of the molecule is CC(C)(CCCCc1noc(C(F)(F)F)n1)C(=O)Nc1ccc(F)cc1. The minimum absolute atomic E-state index is 0.00843. The summed E-state index contributed by atoms with van der Waals surface area (Å²) in [5.41, 5.74) is -0.195. The van der Waals surface area contributed by atoms with Crippen molar-refractivity contribution >= 4 is 11.6 Å². The molecular weight excluding hydrogens is 354 g/mol. The molecule has 2 rings (SSSR count). The Balaban J connectivity index is 1.79. The molecule has 0 spiro atoms. The predicted molar refractivity (Wildman–Crippen MR) is 85.7 cm³/mol. The maximum Gasteiger partial charge on any atom is 0.471 e. The Kier molecular flexibility index (Phi) is 5.99. The summed E-state index contributed by atoms with van der Waals surface area (Å²) in [5, 5.41) is 6.02. The van der Waals surface area contributed by atoms with E-state index in [1.54, 1.807) is 13.8 Å². The van der Waals surface area contributed by atoms with Gasteiger partial charge in [0.15, 0.2) is 5.82 Å². The van der Waals surface area contributed by atoms with Crippen molar-refractivity contribution in [1.82, 2.24) is 10.1 Å². The van der Waals surface area contributed by atoms with E-state index in [0.29, 0.717) is 24.9 Å². The zero-order chi connectivity index (χ0) is 19.4. The molecule has 0 bridgehead atoms. The molecule has 1 heterocycles. The summed E-state index contributed by atoms with van der Waals surface area (Å²) < 4.78 is 54.2. The lowest BCUT2D eigenvalue weighted by atomic mass is 9.86. The Labute approximate surface area is 147 Å². The van der Waals surface area contributed by atoms with Crippen LogP contribution < -0.4 is 5.32 Å². The minimum Gasteiger partial charge on any atom is -0.329 e. The molecule has 1 N–H and O–H groups in total. The summed E-state index contributed by atoms with van der Waals surface area (Å²) in [6, 6.07) is 5.45. The zero-order valence-electron chi connectivity index (χ0n) is 14.4. The molecule has 1 amide bonds. The molecule has 0 atom stereocenters. The zero-order valence-corrected chi connectivity index (χ0v) is 14.4. The Hall–Kier alpha value is -2.45. The number of amides is 1. The number of alkyl halides is 3. The Morgan fingerprint density at radius 2 is 1.81 bits per heavy atom. The van der Waals surface area contributed by atoms with Crippen LogP contribution in [0.2, 0.25) is 0 Å². The van der Waals surface area contributed by atoms with Gasteiger partial charge in [-0.05, 0) is 37.1 Å². The Morgan fingerprint density at radius 1 is 1.15 bits per heavy atom. The highest BCUT2D eigenvalue weighted by Gasteiger charge is 2.38. The fraction of sp³-hybridized carbons (Fsp3) is 0.471. The van der Waals surface area contributed by atoms with E-state index in [1.807, 2.05) is 0 Å². The van der Waals surface area contributed by atoms with Crippen molar-refractivity contribution in [2.45, 2.75) is 45.7 Å². The van der Waals surface area contributed by atoms with E-state index in [1.165, 1.54) is 24.3 Å². The van der Waals surface area contributed by atoms with Gasteiger partial charge in [-0.15, -0.1) is 0 Å². The number of unbranched alkanes of at least 4 members (excludes halogenated alkanes) is 1. The van der Waals surface area contributed by atoms with Crippen molar-refractivity contribution < 1.29 is 26.9 Å². The van der Waals surface area contributed by atoms with Gasteiger partial charge in [-0.25, -0.2) is 4.39 Å². The largest absolute Gasteiger partial charge is 0.471 e. The van der Waals surface area contributed by atoms with Gasteiger partial charge in [-0.1, -0.05) is 25.4 Å². The molecule has 0 unspecified atom stereocenters. The third kappa shape index (κ3) is 5.53. The summed E-state index contributed by atoms with van der Waals surface area (Å²) in [7, 11) is 0. The van der Waals surface area contributed by atoms with Crippen LogP contribution in [-0.4, -0.2) is 16.0 Å². The number of aryl methyl sites for hydroxylation is 1. The molecule has 2 aromatic rings. The third-order valence-corrected chi connectivity index (χ3v) is 3.88. The quantitative estimate of drug-likeness (QED) is 0.569. The fourth-order valence-corrected chi connectivity index (χ4v) is 2.27. The number of nitrogens with one attached hydrogen (secondary N) is 1. The highest BCUT2D eigenvalue weighted by Crippen LogP contribution is 2.28. The number of benzene rings is 1. The lowest BCUT2D eigenvalue weighted by Gasteiger charge is -2.23. The van der Waals surface area contributed by atoms with E-state index in [4.69, 9.17) is 0 Å². The predicted octanol–water partition coefficient (Wildman–Crippen LogP) is 4.61. The van der Waals surface area contributed by atoms with Crippen molar-refractivity contribution in [3.63, 3.8) is 0 Å². The number of aromatic nitrogens is 2. The van der Waals surface area contributed by atoms with E-state index in [2.05, 4.69) is 20.0 Å². The average Bonchev–Trinajstić information content (AvgIpc) is 3.03. The topological polar surface area (TPSA) is 68.0 Å². The average molecular weight is 373 g/mol. The van der Waals surface area contributed by atoms with Crippen molar-refractivity contribution in [2.24, 2.45) is 5.41 Å². The third-order valence-electron chi connectivity index (χ3n) is 3.88. The number of carbonyl (C=O) groups is 1. The van der Waals surface area contributed by atoms with Gasteiger partial charge >= 0.3 is 12.1 Å². The van der Waals surface area contributed by atoms with Crippen molar-refractivity contribution in [1.29, 1.82) is 0 Å². The molecule has 0 saturated carbocycles. The second-order valence-electron chi connectivity index (χ2n) is 6.57. The maximum atomic E-state index is 12.9. The van der Waals surface area contributed by atoms with Crippen LogP contribution in [0.25, 0.3) is 0 Å².